The number of carbonyl (C=O) groups is 2. The number of rotatable bonds is 8. The van der Waals surface area contributed by atoms with Crippen LogP contribution in [0.2, 0.25) is 0 Å². The van der Waals surface area contributed by atoms with Crippen molar-refractivity contribution in [1.82, 2.24) is 16.0 Å². The number of imide groups is 1. The molecule has 1 aromatic carbocycles. The molecule has 0 radical (unpaired) electrons. The SMILES string of the molecule is CCCOc1ccc([C@H](C)N[C@@H](C)C(=O)NC(=O)NC)cc1OC. The van der Waals surface area contributed by atoms with Crippen molar-refractivity contribution in [1.29, 1.82) is 0 Å². The molecule has 0 unspecified atom stereocenters. The number of nitrogens with one attached hydrogen (secondary N) is 3. The average Bonchev–Trinajstić information content (AvgIpc) is 2.59. The topological polar surface area (TPSA) is 88.7 Å². The minimum atomic E-state index is -0.528. The average molecular weight is 337 g/mol. The van der Waals surface area contributed by atoms with Gasteiger partial charge in [0.25, 0.3) is 0 Å². The smallest absolute Gasteiger partial charge is 0.321 e. The van der Waals surface area contributed by atoms with Crippen LogP contribution in [0, 0.1) is 0 Å². The van der Waals surface area contributed by atoms with Crippen LogP contribution in [0.4, 0.5) is 4.79 Å². The van der Waals surface area contributed by atoms with Crippen LogP contribution in [0.1, 0.15) is 38.8 Å². The highest BCUT2D eigenvalue weighted by Crippen LogP contribution is 2.30. The summed E-state index contributed by atoms with van der Waals surface area (Å²) in [5.74, 6) is 0.953. The highest BCUT2D eigenvalue weighted by Gasteiger charge is 2.19. The van der Waals surface area contributed by atoms with Crippen LogP contribution >= 0.6 is 0 Å². The van der Waals surface area contributed by atoms with Crippen LogP contribution in [-0.2, 0) is 4.79 Å². The first kappa shape index (κ1) is 19.8. The van der Waals surface area contributed by atoms with E-state index in [1.807, 2.05) is 32.0 Å². The lowest BCUT2D eigenvalue weighted by Crippen LogP contribution is -2.47. The number of urea groups is 1. The zero-order valence-electron chi connectivity index (χ0n) is 14.9. The molecule has 1 aromatic rings. The van der Waals surface area contributed by atoms with Gasteiger partial charge in [0.15, 0.2) is 11.5 Å². The first-order valence-corrected chi connectivity index (χ1v) is 8.02. The van der Waals surface area contributed by atoms with E-state index in [9.17, 15) is 9.59 Å². The molecule has 0 aliphatic carbocycles. The molecule has 0 bridgehead atoms. The third-order valence-electron chi connectivity index (χ3n) is 3.51. The molecular formula is C17H27N3O4. The third kappa shape index (κ3) is 5.73. The zero-order chi connectivity index (χ0) is 18.1. The Morgan fingerprint density at radius 2 is 1.92 bits per heavy atom. The molecule has 3 N–H and O–H groups in total. The highest BCUT2D eigenvalue weighted by atomic mass is 16.5. The Kier molecular flexibility index (Phi) is 8.05. The van der Waals surface area contributed by atoms with E-state index in [-0.39, 0.29) is 6.04 Å². The van der Waals surface area contributed by atoms with Gasteiger partial charge in [0.2, 0.25) is 5.91 Å². The Morgan fingerprint density at radius 1 is 1.21 bits per heavy atom. The van der Waals surface area contributed by atoms with Gasteiger partial charge < -0.3 is 14.8 Å². The molecule has 0 fully saturated rings. The maximum atomic E-state index is 11.9. The molecule has 0 saturated carbocycles. The number of benzene rings is 1. The van der Waals surface area contributed by atoms with E-state index >= 15 is 0 Å². The predicted molar refractivity (Wildman–Crippen MR) is 92.4 cm³/mol. The summed E-state index contributed by atoms with van der Waals surface area (Å²) in [5.41, 5.74) is 0.954. The zero-order valence-corrected chi connectivity index (χ0v) is 14.9. The van der Waals surface area contributed by atoms with Gasteiger partial charge in [0.1, 0.15) is 0 Å². The van der Waals surface area contributed by atoms with Crippen molar-refractivity contribution in [2.45, 2.75) is 39.3 Å². The first-order valence-electron chi connectivity index (χ1n) is 8.02. The number of ether oxygens (including phenoxy) is 2. The van der Waals surface area contributed by atoms with Gasteiger partial charge in [-0.1, -0.05) is 13.0 Å². The van der Waals surface area contributed by atoms with E-state index in [0.717, 1.165) is 12.0 Å². The second-order valence-electron chi connectivity index (χ2n) is 5.44. The highest BCUT2D eigenvalue weighted by molar-refractivity contribution is 5.96. The lowest BCUT2D eigenvalue weighted by molar-refractivity contribution is -0.121. The Bertz CT molecular complexity index is 563. The van der Waals surface area contributed by atoms with Gasteiger partial charge in [0.05, 0.1) is 19.8 Å². The Labute approximate surface area is 143 Å². The fraction of sp³-hybridized carbons (Fsp3) is 0.529. The van der Waals surface area contributed by atoms with Crippen LogP contribution in [0.15, 0.2) is 18.2 Å². The van der Waals surface area contributed by atoms with Crippen molar-refractivity contribution in [3.05, 3.63) is 23.8 Å². The van der Waals surface area contributed by atoms with Gasteiger partial charge in [-0.3, -0.25) is 15.4 Å². The number of hydrogen-bond donors (Lipinski definition) is 3. The summed E-state index contributed by atoms with van der Waals surface area (Å²) < 4.78 is 11.0. The molecule has 2 atom stereocenters. The van der Waals surface area contributed by atoms with Crippen LogP contribution in [-0.4, -0.2) is 38.7 Å². The van der Waals surface area contributed by atoms with E-state index in [0.29, 0.717) is 18.1 Å². The minimum absolute atomic E-state index is 0.107. The summed E-state index contributed by atoms with van der Waals surface area (Å²) in [6, 6.07) is 4.50. The van der Waals surface area contributed by atoms with Crippen molar-refractivity contribution < 1.29 is 19.1 Å². The van der Waals surface area contributed by atoms with Crippen LogP contribution < -0.4 is 25.4 Å². The Balaban J connectivity index is 2.74. The summed E-state index contributed by atoms with van der Waals surface area (Å²) in [5, 5.41) is 7.74. The van der Waals surface area contributed by atoms with Gasteiger partial charge in [0, 0.05) is 13.1 Å². The molecule has 0 aromatic heterocycles. The van der Waals surface area contributed by atoms with Crippen molar-refractivity contribution in [2.75, 3.05) is 20.8 Å². The fourth-order valence-corrected chi connectivity index (χ4v) is 2.11. The van der Waals surface area contributed by atoms with Gasteiger partial charge in [-0.2, -0.15) is 0 Å². The maximum Gasteiger partial charge on any atom is 0.321 e. The van der Waals surface area contributed by atoms with E-state index in [1.165, 1.54) is 7.05 Å². The normalized spacial score (nSPS) is 12.9. The predicted octanol–water partition coefficient (Wildman–Crippen LogP) is 1.98. The quantitative estimate of drug-likeness (QED) is 0.675. The van der Waals surface area contributed by atoms with Crippen LogP contribution in [0.5, 0.6) is 11.5 Å². The molecule has 7 heteroatoms. The van der Waals surface area contributed by atoms with Crippen molar-refractivity contribution >= 4 is 11.9 Å². The number of amides is 3. The molecule has 0 aliphatic rings. The monoisotopic (exact) mass is 337 g/mol. The van der Waals surface area contributed by atoms with Gasteiger partial charge >= 0.3 is 6.03 Å². The lowest BCUT2D eigenvalue weighted by Gasteiger charge is -2.21. The van der Waals surface area contributed by atoms with Crippen LogP contribution in [0.25, 0.3) is 0 Å². The summed E-state index contributed by atoms with van der Waals surface area (Å²) in [6.07, 6.45) is 0.917. The molecule has 0 spiro atoms. The van der Waals surface area contributed by atoms with Gasteiger partial charge in [-0.15, -0.1) is 0 Å². The number of hydrogen-bond acceptors (Lipinski definition) is 5. The van der Waals surface area contributed by atoms with Crippen molar-refractivity contribution in [2.24, 2.45) is 0 Å². The van der Waals surface area contributed by atoms with Gasteiger partial charge in [-0.25, -0.2) is 4.79 Å². The Hall–Kier alpha value is -2.28. The molecule has 7 nitrogen and oxygen atoms in total. The minimum Gasteiger partial charge on any atom is -0.493 e. The summed E-state index contributed by atoms with van der Waals surface area (Å²) in [7, 11) is 3.05. The maximum absolute atomic E-state index is 11.9. The second-order valence-corrected chi connectivity index (χ2v) is 5.44. The lowest BCUT2D eigenvalue weighted by atomic mass is 10.1. The van der Waals surface area contributed by atoms with E-state index < -0.39 is 18.0 Å². The molecule has 134 valence electrons. The second kappa shape index (κ2) is 9.77. The third-order valence-corrected chi connectivity index (χ3v) is 3.51. The molecule has 1 rings (SSSR count). The van der Waals surface area contributed by atoms with Crippen molar-refractivity contribution in [3.63, 3.8) is 0 Å². The number of carbonyl (C=O) groups excluding carboxylic acids is 2. The summed E-state index contributed by atoms with van der Waals surface area (Å²) in [6.45, 7) is 6.30. The van der Waals surface area contributed by atoms with Crippen molar-refractivity contribution in [3.8, 4) is 11.5 Å². The van der Waals surface area contributed by atoms with Gasteiger partial charge in [-0.05, 0) is 38.0 Å². The van der Waals surface area contributed by atoms with E-state index in [2.05, 4.69) is 16.0 Å². The van der Waals surface area contributed by atoms with E-state index in [4.69, 9.17) is 9.47 Å². The summed E-state index contributed by atoms with van der Waals surface area (Å²) in [4.78, 5) is 23.1. The molecule has 0 saturated heterocycles. The molecule has 24 heavy (non-hydrogen) atoms. The molecular weight excluding hydrogens is 310 g/mol. The van der Waals surface area contributed by atoms with Crippen LogP contribution in [0.3, 0.4) is 0 Å². The summed E-state index contributed by atoms with van der Waals surface area (Å²) >= 11 is 0. The first-order chi connectivity index (χ1) is 11.4. The standard InChI is InChI=1S/C17H27N3O4/c1-6-9-24-14-8-7-13(10-15(14)23-5)11(2)19-12(3)16(21)20-17(22)18-4/h7-8,10-12,19H,6,9H2,1-5H3,(H2,18,20,21,22)/t11-,12-/m0/s1. The molecule has 0 aliphatic heterocycles. The largest absolute Gasteiger partial charge is 0.493 e. The molecule has 0 heterocycles. The Morgan fingerprint density at radius 3 is 2.50 bits per heavy atom. The molecule has 3 amide bonds. The van der Waals surface area contributed by atoms with E-state index in [1.54, 1.807) is 14.0 Å². The number of methoxy groups -OCH3 is 1. The fourth-order valence-electron chi connectivity index (χ4n) is 2.11.